The molecule has 1 atom stereocenters. The Kier molecular flexibility index (Phi) is 3.36. The molecule has 1 fully saturated rings. The van der Waals surface area contributed by atoms with Crippen molar-refractivity contribution in [2.75, 3.05) is 6.54 Å². The molecular formula is C14H19NO2. The van der Waals surface area contributed by atoms with E-state index >= 15 is 0 Å². The smallest absolute Gasteiger partial charge is 0.254 e. The first-order chi connectivity index (χ1) is 8.13. The molecule has 1 unspecified atom stereocenters. The zero-order valence-corrected chi connectivity index (χ0v) is 10.4. The van der Waals surface area contributed by atoms with Gasteiger partial charge in [-0.3, -0.25) is 4.79 Å². The molecule has 1 aliphatic heterocycles. The van der Waals surface area contributed by atoms with Crippen molar-refractivity contribution >= 4 is 5.91 Å². The summed E-state index contributed by atoms with van der Waals surface area (Å²) in [6, 6.07) is 5.45. The molecule has 0 aliphatic carbocycles. The average Bonchev–Trinajstić information content (AvgIpc) is 2.80. The van der Waals surface area contributed by atoms with Gasteiger partial charge in [0, 0.05) is 18.2 Å². The number of amides is 1. The molecule has 2 rings (SSSR count). The van der Waals surface area contributed by atoms with E-state index in [-0.39, 0.29) is 11.7 Å². The maximum Gasteiger partial charge on any atom is 0.254 e. The Morgan fingerprint density at radius 3 is 2.94 bits per heavy atom. The van der Waals surface area contributed by atoms with Gasteiger partial charge < -0.3 is 10.0 Å². The summed E-state index contributed by atoms with van der Waals surface area (Å²) in [5.41, 5.74) is 1.43. The molecule has 0 aromatic heterocycles. The first-order valence-electron chi connectivity index (χ1n) is 6.24. The summed E-state index contributed by atoms with van der Waals surface area (Å²) >= 11 is 0. The van der Waals surface area contributed by atoms with Gasteiger partial charge in [0.25, 0.3) is 5.91 Å². The molecule has 92 valence electrons. The number of hydrogen-bond donors (Lipinski definition) is 1. The van der Waals surface area contributed by atoms with Crippen molar-refractivity contribution in [2.24, 2.45) is 0 Å². The first-order valence-corrected chi connectivity index (χ1v) is 6.24. The van der Waals surface area contributed by atoms with Gasteiger partial charge in [-0.2, -0.15) is 0 Å². The summed E-state index contributed by atoms with van der Waals surface area (Å²) < 4.78 is 0. The summed E-state index contributed by atoms with van der Waals surface area (Å²) in [6.45, 7) is 4.79. The van der Waals surface area contributed by atoms with Gasteiger partial charge in [0.05, 0.1) is 0 Å². The van der Waals surface area contributed by atoms with Crippen LogP contribution < -0.4 is 0 Å². The maximum atomic E-state index is 12.3. The fourth-order valence-electron chi connectivity index (χ4n) is 2.48. The van der Waals surface area contributed by atoms with Crippen molar-refractivity contribution in [1.29, 1.82) is 0 Å². The van der Waals surface area contributed by atoms with Crippen LogP contribution in [0.3, 0.4) is 0 Å². The van der Waals surface area contributed by atoms with Crippen LogP contribution in [0.25, 0.3) is 0 Å². The molecule has 1 aromatic rings. The molecule has 0 saturated carbocycles. The zero-order chi connectivity index (χ0) is 12.4. The van der Waals surface area contributed by atoms with Crippen molar-refractivity contribution in [1.82, 2.24) is 4.90 Å². The summed E-state index contributed by atoms with van der Waals surface area (Å²) in [5.74, 6) is 0.340. The Morgan fingerprint density at radius 1 is 1.53 bits per heavy atom. The number of aromatic hydroxyl groups is 1. The van der Waals surface area contributed by atoms with Crippen molar-refractivity contribution < 1.29 is 9.90 Å². The molecule has 1 aliphatic rings. The third kappa shape index (κ3) is 2.28. The number of benzene rings is 1. The summed E-state index contributed by atoms with van der Waals surface area (Å²) in [4.78, 5) is 14.3. The standard InChI is InChI=1S/C14H19NO2/c1-3-12-5-4-8-15(12)14(17)11-6-7-13(16)10(2)9-11/h6-7,9,12,16H,3-5,8H2,1-2H3. The summed E-state index contributed by atoms with van der Waals surface area (Å²) in [7, 11) is 0. The predicted molar refractivity (Wildman–Crippen MR) is 67.2 cm³/mol. The van der Waals surface area contributed by atoms with E-state index in [1.807, 2.05) is 11.8 Å². The molecule has 3 heteroatoms. The highest BCUT2D eigenvalue weighted by molar-refractivity contribution is 5.95. The lowest BCUT2D eigenvalue weighted by Gasteiger charge is -2.23. The van der Waals surface area contributed by atoms with E-state index in [1.165, 1.54) is 0 Å². The highest BCUT2D eigenvalue weighted by Gasteiger charge is 2.27. The molecule has 0 spiro atoms. The van der Waals surface area contributed by atoms with Gasteiger partial charge in [-0.25, -0.2) is 0 Å². The fraction of sp³-hybridized carbons (Fsp3) is 0.500. The van der Waals surface area contributed by atoms with Crippen LogP contribution in [0.4, 0.5) is 0 Å². The van der Waals surface area contributed by atoms with Crippen molar-refractivity contribution in [3.8, 4) is 5.75 Å². The van der Waals surface area contributed by atoms with Crippen LogP contribution in [-0.2, 0) is 0 Å². The van der Waals surface area contributed by atoms with Crippen molar-refractivity contribution in [2.45, 2.75) is 39.2 Å². The average molecular weight is 233 g/mol. The fourth-order valence-corrected chi connectivity index (χ4v) is 2.48. The zero-order valence-electron chi connectivity index (χ0n) is 10.4. The van der Waals surface area contributed by atoms with Crippen LogP contribution >= 0.6 is 0 Å². The molecule has 1 amide bonds. The molecular weight excluding hydrogens is 214 g/mol. The van der Waals surface area contributed by atoms with E-state index in [0.29, 0.717) is 11.6 Å². The third-order valence-corrected chi connectivity index (χ3v) is 3.55. The quantitative estimate of drug-likeness (QED) is 0.853. The predicted octanol–water partition coefficient (Wildman–Crippen LogP) is 2.72. The number of hydrogen-bond acceptors (Lipinski definition) is 2. The molecule has 17 heavy (non-hydrogen) atoms. The Hall–Kier alpha value is -1.51. The first kappa shape index (κ1) is 12.0. The highest BCUT2D eigenvalue weighted by Crippen LogP contribution is 2.24. The van der Waals surface area contributed by atoms with E-state index in [2.05, 4.69) is 6.92 Å². The molecule has 0 radical (unpaired) electrons. The number of aryl methyl sites for hydroxylation is 1. The van der Waals surface area contributed by atoms with Crippen LogP contribution in [0.2, 0.25) is 0 Å². The second-order valence-corrected chi connectivity index (χ2v) is 4.70. The van der Waals surface area contributed by atoms with Gasteiger partial charge >= 0.3 is 0 Å². The van der Waals surface area contributed by atoms with Gasteiger partial charge in [-0.05, 0) is 49.9 Å². The minimum Gasteiger partial charge on any atom is -0.508 e. The Labute approximate surface area is 102 Å². The topological polar surface area (TPSA) is 40.5 Å². The number of carbonyl (C=O) groups is 1. The molecule has 0 bridgehead atoms. The molecule has 1 aromatic carbocycles. The number of carbonyl (C=O) groups excluding carboxylic acids is 1. The number of nitrogens with zero attached hydrogens (tertiary/aromatic N) is 1. The molecule has 3 nitrogen and oxygen atoms in total. The number of likely N-dealkylation sites (tertiary alicyclic amines) is 1. The monoisotopic (exact) mass is 233 g/mol. The summed E-state index contributed by atoms with van der Waals surface area (Å²) in [5, 5.41) is 9.46. The minimum absolute atomic E-state index is 0.0949. The SMILES string of the molecule is CCC1CCCN1C(=O)c1ccc(O)c(C)c1. The lowest BCUT2D eigenvalue weighted by Crippen LogP contribution is -2.35. The largest absolute Gasteiger partial charge is 0.508 e. The van der Waals surface area contributed by atoms with Gasteiger partial charge in [0.15, 0.2) is 0 Å². The van der Waals surface area contributed by atoms with E-state index < -0.39 is 0 Å². The normalized spacial score (nSPS) is 19.6. The molecule has 1 N–H and O–H groups in total. The summed E-state index contributed by atoms with van der Waals surface area (Å²) in [6.07, 6.45) is 3.23. The van der Waals surface area contributed by atoms with Crippen LogP contribution in [-0.4, -0.2) is 28.5 Å². The van der Waals surface area contributed by atoms with Gasteiger partial charge in [0.2, 0.25) is 0 Å². The van der Waals surface area contributed by atoms with E-state index in [1.54, 1.807) is 18.2 Å². The van der Waals surface area contributed by atoms with E-state index in [9.17, 15) is 9.90 Å². The van der Waals surface area contributed by atoms with Crippen molar-refractivity contribution in [3.63, 3.8) is 0 Å². The minimum atomic E-state index is 0.0949. The highest BCUT2D eigenvalue weighted by atomic mass is 16.3. The van der Waals surface area contributed by atoms with Crippen molar-refractivity contribution in [3.05, 3.63) is 29.3 Å². The maximum absolute atomic E-state index is 12.3. The third-order valence-electron chi connectivity index (χ3n) is 3.55. The van der Waals surface area contributed by atoms with Gasteiger partial charge in [-0.1, -0.05) is 6.92 Å². The van der Waals surface area contributed by atoms with Crippen LogP contribution in [0.1, 0.15) is 42.1 Å². The lowest BCUT2D eigenvalue weighted by atomic mass is 10.1. The number of rotatable bonds is 2. The van der Waals surface area contributed by atoms with Crippen LogP contribution in [0.15, 0.2) is 18.2 Å². The second kappa shape index (κ2) is 4.78. The van der Waals surface area contributed by atoms with Gasteiger partial charge in [0.1, 0.15) is 5.75 Å². The molecule has 1 heterocycles. The second-order valence-electron chi connectivity index (χ2n) is 4.70. The van der Waals surface area contributed by atoms with E-state index in [4.69, 9.17) is 0 Å². The lowest BCUT2D eigenvalue weighted by molar-refractivity contribution is 0.0733. The Morgan fingerprint density at radius 2 is 2.29 bits per heavy atom. The Balaban J connectivity index is 2.21. The molecule has 1 saturated heterocycles. The van der Waals surface area contributed by atoms with Crippen LogP contribution in [0.5, 0.6) is 5.75 Å². The number of phenols is 1. The van der Waals surface area contributed by atoms with Gasteiger partial charge in [-0.15, -0.1) is 0 Å². The Bertz CT molecular complexity index is 428. The van der Waals surface area contributed by atoms with Crippen LogP contribution in [0, 0.1) is 6.92 Å². The van der Waals surface area contributed by atoms with E-state index in [0.717, 1.165) is 31.4 Å². The number of phenolic OH excluding ortho intramolecular Hbond substituents is 1.